The van der Waals surface area contributed by atoms with Gasteiger partial charge >= 0.3 is 11.8 Å². The number of amides is 1. The van der Waals surface area contributed by atoms with E-state index in [4.69, 9.17) is 13.9 Å². The molecule has 25 heavy (non-hydrogen) atoms. The standard InChI is InChI=1S/C17H20N4O4/c22-14(16-20-19-15(25-16)13-4-2-1-3-5-13)18-10-17-11-23-8-6-21(17)7-9-24-12-17/h1-5H,6-12H2,(H,18,22). The van der Waals surface area contributed by atoms with Gasteiger partial charge in [0, 0.05) is 25.2 Å². The van der Waals surface area contributed by atoms with Crippen molar-refractivity contribution in [3.8, 4) is 11.5 Å². The first-order chi connectivity index (χ1) is 12.3. The molecule has 1 aromatic carbocycles. The molecule has 132 valence electrons. The fraction of sp³-hybridized carbons (Fsp3) is 0.471. The van der Waals surface area contributed by atoms with Gasteiger partial charge in [-0.3, -0.25) is 9.69 Å². The zero-order valence-corrected chi connectivity index (χ0v) is 13.8. The number of fused-ring (bicyclic) bond motifs is 1. The van der Waals surface area contributed by atoms with Crippen LogP contribution in [0.3, 0.4) is 0 Å². The van der Waals surface area contributed by atoms with Crippen LogP contribution in [0.1, 0.15) is 10.7 Å². The Labute approximate surface area is 145 Å². The van der Waals surface area contributed by atoms with Crippen LogP contribution >= 0.6 is 0 Å². The molecule has 0 bridgehead atoms. The number of hydrogen-bond donors (Lipinski definition) is 1. The van der Waals surface area contributed by atoms with Crippen LogP contribution in [-0.2, 0) is 9.47 Å². The quantitative estimate of drug-likeness (QED) is 0.867. The van der Waals surface area contributed by atoms with Crippen molar-refractivity contribution in [1.29, 1.82) is 0 Å². The zero-order chi connectivity index (χ0) is 17.1. The second-order valence-electron chi connectivity index (χ2n) is 6.28. The number of aromatic nitrogens is 2. The van der Waals surface area contributed by atoms with Gasteiger partial charge in [-0.25, -0.2) is 0 Å². The lowest BCUT2D eigenvalue weighted by atomic mass is 9.96. The van der Waals surface area contributed by atoms with Crippen molar-refractivity contribution in [2.45, 2.75) is 5.54 Å². The molecule has 0 atom stereocenters. The Balaban J connectivity index is 1.43. The molecule has 0 unspecified atom stereocenters. The van der Waals surface area contributed by atoms with E-state index >= 15 is 0 Å². The number of carbonyl (C=O) groups excluding carboxylic acids is 1. The van der Waals surface area contributed by atoms with Crippen LogP contribution in [0.5, 0.6) is 0 Å². The van der Waals surface area contributed by atoms with Crippen LogP contribution in [0.15, 0.2) is 34.7 Å². The van der Waals surface area contributed by atoms with Gasteiger partial charge in [0.25, 0.3) is 0 Å². The average molecular weight is 344 g/mol. The Morgan fingerprint density at radius 3 is 2.56 bits per heavy atom. The smallest absolute Gasteiger partial charge is 0.308 e. The van der Waals surface area contributed by atoms with Crippen molar-refractivity contribution < 1.29 is 18.7 Å². The highest BCUT2D eigenvalue weighted by Gasteiger charge is 2.42. The van der Waals surface area contributed by atoms with Crippen LogP contribution in [0, 0.1) is 0 Å². The van der Waals surface area contributed by atoms with Gasteiger partial charge in [-0.1, -0.05) is 18.2 Å². The molecule has 0 saturated carbocycles. The zero-order valence-electron chi connectivity index (χ0n) is 13.8. The SMILES string of the molecule is O=C(NCC12COCCN1CCOC2)c1nnc(-c2ccccc2)o1. The van der Waals surface area contributed by atoms with E-state index in [1.807, 2.05) is 30.3 Å². The summed E-state index contributed by atoms with van der Waals surface area (Å²) < 4.78 is 16.7. The lowest BCUT2D eigenvalue weighted by Gasteiger charge is -2.49. The topological polar surface area (TPSA) is 89.7 Å². The Morgan fingerprint density at radius 1 is 1.12 bits per heavy atom. The van der Waals surface area contributed by atoms with Gasteiger partial charge in [-0.15, -0.1) is 10.2 Å². The highest BCUT2D eigenvalue weighted by atomic mass is 16.5. The molecular formula is C17H20N4O4. The first-order valence-electron chi connectivity index (χ1n) is 8.35. The summed E-state index contributed by atoms with van der Waals surface area (Å²) in [6, 6.07) is 9.35. The summed E-state index contributed by atoms with van der Waals surface area (Å²) >= 11 is 0. The van der Waals surface area contributed by atoms with Gasteiger partial charge in [0.2, 0.25) is 5.89 Å². The number of nitrogens with one attached hydrogen (secondary N) is 1. The molecule has 8 heteroatoms. The van der Waals surface area contributed by atoms with Crippen molar-refractivity contribution in [2.24, 2.45) is 0 Å². The van der Waals surface area contributed by atoms with Crippen molar-refractivity contribution in [1.82, 2.24) is 20.4 Å². The molecule has 0 aliphatic carbocycles. The van der Waals surface area contributed by atoms with Gasteiger partial charge in [-0.2, -0.15) is 0 Å². The minimum Gasteiger partial charge on any atom is -0.412 e. The number of ether oxygens (including phenoxy) is 2. The Hall–Kier alpha value is -2.29. The summed E-state index contributed by atoms with van der Waals surface area (Å²) in [5.74, 6) is -0.108. The molecule has 1 N–H and O–H groups in total. The highest BCUT2D eigenvalue weighted by Crippen LogP contribution is 2.23. The van der Waals surface area contributed by atoms with Crippen molar-refractivity contribution in [3.63, 3.8) is 0 Å². The molecule has 8 nitrogen and oxygen atoms in total. The highest BCUT2D eigenvalue weighted by molar-refractivity contribution is 5.89. The number of hydrogen-bond acceptors (Lipinski definition) is 7. The van der Waals surface area contributed by atoms with E-state index < -0.39 is 0 Å². The fourth-order valence-corrected chi connectivity index (χ4v) is 3.23. The molecule has 1 amide bonds. The first kappa shape index (κ1) is 16.2. The minimum absolute atomic E-state index is 0.0461. The van der Waals surface area contributed by atoms with Crippen LogP contribution in [-0.4, -0.2) is 72.6 Å². The second kappa shape index (κ2) is 6.91. The molecule has 2 fully saturated rings. The predicted molar refractivity (Wildman–Crippen MR) is 88.0 cm³/mol. The predicted octanol–water partition coefficient (Wildman–Crippen LogP) is 0.568. The normalized spacial score (nSPS) is 20.0. The lowest BCUT2D eigenvalue weighted by Crippen LogP contribution is -2.67. The van der Waals surface area contributed by atoms with E-state index in [0.29, 0.717) is 38.9 Å². The van der Waals surface area contributed by atoms with E-state index in [0.717, 1.165) is 18.7 Å². The van der Waals surface area contributed by atoms with E-state index in [1.165, 1.54) is 0 Å². The van der Waals surface area contributed by atoms with E-state index in [1.54, 1.807) is 0 Å². The van der Waals surface area contributed by atoms with Gasteiger partial charge in [0.1, 0.15) is 0 Å². The lowest BCUT2D eigenvalue weighted by molar-refractivity contribution is -0.139. The maximum atomic E-state index is 12.4. The summed E-state index contributed by atoms with van der Waals surface area (Å²) in [6.07, 6.45) is 0. The molecule has 2 aliphatic heterocycles. The Bertz CT molecular complexity index is 721. The summed E-state index contributed by atoms with van der Waals surface area (Å²) in [5, 5.41) is 10.7. The third-order valence-corrected chi connectivity index (χ3v) is 4.64. The number of rotatable bonds is 4. The third-order valence-electron chi connectivity index (χ3n) is 4.64. The first-order valence-corrected chi connectivity index (χ1v) is 8.35. The van der Waals surface area contributed by atoms with Crippen molar-refractivity contribution in [3.05, 3.63) is 36.2 Å². The Kier molecular flexibility index (Phi) is 4.48. The van der Waals surface area contributed by atoms with Gasteiger partial charge in [-0.05, 0) is 12.1 Å². The second-order valence-corrected chi connectivity index (χ2v) is 6.28. The molecule has 0 spiro atoms. The molecule has 1 aromatic heterocycles. The number of nitrogens with zero attached hydrogens (tertiary/aromatic N) is 3. The third kappa shape index (κ3) is 3.28. The molecule has 2 saturated heterocycles. The average Bonchev–Trinajstić information content (AvgIpc) is 3.17. The molecule has 4 rings (SSSR count). The van der Waals surface area contributed by atoms with Gasteiger partial charge in [0.05, 0.1) is 32.0 Å². The monoisotopic (exact) mass is 344 g/mol. The van der Waals surface area contributed by atoms with E-state index in [2.05, 4.69) is 20.4 Å². The van der Waals surface area contributed by atoms with Gasteiger partial charge in [0.15, 0.2) is 0 Å². The number of carbonyl (C=O) groups is 1. The van der Waals surface area contributed by atoms with Crippen molar-refractivity contribution >= 4 is 5.91 Å². The van der Waals surface area contributed by atoms with Crippen LogP contribution in [0.4, 0.5) is 0 Å². The summed E-state index contributed by atoms with van der Waals surface area (Å²) in [6.45, 7) is 4.59. The fourth-order valence-electron chi connectivity index (χ4n) is 3.23. The molecule has 0 radical (unpaired) electrons. The maximum Gasteiger partial charge on any atom is 0.308 e. The summed E-state index contributed by atoms with van der Waals surface area (Å²) in [5.41, 5.74) is 0.453. The van der Waals surface area contributed by atoms with Gasteiger partial charge < -0.3 is 19.2 Å². The summed E-state index contributed by atoms with van der Waals surface area (Å²) in [4.78, 5) is 14.7. The molecule has 3 heterocycles. The van der Waals surface area contributed by atoms with Crippen LogP contribution < -0.4 is 5.32 Å². The van der Waals surface area contributed by atoms with E-state index in [-0.39, 0.29) is 17.3 Å². The van der Waals surface area contributed by atoms with E-state index in [9.17, 15) is 4.79 Å². The Morgan fingerprint density at radius 2 is 1.84 bits per heavy atom. The largest absolute Gasteiger partial charge is 0.412 e. The number of benzene rings is 1. The summed E-state index contributed by atoms with van der Waals surface area (Å²) in [7, 11) is 0. The maximum absolute atomic E-state index is 12.4. The molecule has 2 aliphatic rings. The van der Waals surface area contributed by atoms with Crippen LogP contribution in [0.2, 0.25) is 0 Å². The van der Waals surface area contributed by atoms with Crippen LogP contribution in [0.25, 0.3) is 11.5 Å². The minimum atomic E-state index is -0.389. The van der Waals surface area contributed by atoms with Crippen molar-refractivity contribution in [2.75, 3.05) is 46.1 Å². The molecule has 2 aromatic rings. The number of morpholine rings is 2. The molecular weight excluding hydrogens is 324 g/mol.